The lowest BCUT2D eigenvalue weighted by molar-refractivity contribution is 0.267. The van der Waals surface area contributed by atoms with Gasteiger partial charge in [0.2, 0.25) is 0 Å². The van der Waals surface area contributed by atoms with Crippen LogP contribution in [0.15, 0.2) is 53.5 Å². The third-order valence-electron chi connectivity index (χ3n) is 6.00. The number of piperidine rings is 1. The zero-order valence-corrected chi connectivity index (χ0v) is 17.9. The first-order valence-electron chi connectivity index (χ1n) is 10.8. The van der Waals surface area contributed by atoms with Crippen molar-refractivity contribution in [2.75, 3.05) is 45.3 Å². The number of ether oxygens (including phenoxy) is 2. The molecule has 2 aromatic rings. The van der Waals surface area contributed by atoms with Gasteiger partial charge in [-0.05, 0) is 43.0 Å². The molecular formula is C24H32N4O2. The topological polar surface area (TPSA) is 58.1 Å². The van der Waals surface area contributed by atoms with Crippen molar-refractivity contribution in [2.24, 2.45) is 4.99 Å². The predicted octanol–water partition coefficient (Wildman–Crippen LogP) is 3.40. The first kappa shape index (κ1) is 20.4. The minimum Gasteiger partial charge on any atom is -0.497 e. The number of nitrogens with one attached hydrogen (secondary N) is 2. The third-order valence-corrected chi connectivity index (χ3v) is 6.00. The van der Waals surface area contributed by atoms with Gasteiger partial charge >= 0.3 is 0 Å². The van der Waals surface area contributed by atoms with Gasteiger partial charge in [0, 0.05) is 50.4 Å². The Morgan fingerprint density at radius 1 is 1.20 bits per heavy atom. The van der Waals surface area contributed by atoms with Crippen molar-refractivity contribution in [3.8, 4) is 11.5 Å². The lowest BCUT2D eigenvalue weighted by atomic mass is 9.93. The van der Waals surface area contributed by atoms with Crippen molar-refractivity contribution in [1.29, 1.82) is 0 Å². The number of para-hydroxylation sites is 1. The second-order valence-electron chi connectivity index (χ2n) is 7.96. The van der Waals surface area contributed by atoms with E-state index in [-0.39, 0.29) is 0 Å². The van der Waals surface area contributed by atoms with Crippen LogP contribution in [0.5, 0.6) is 11.5 Å². The molecule has 0 aliphatic carbocycles. The number of aliphatic imine (C=N–C) groups is 1. The molecular weight excluding hydrogens is 376 g/mol. The second kappa shape index (κ2) is 9.74. The number of hydrogen-bond donors (Lipinski definition) is 2. The van der Waals surface area contributed by atoms with Crippen LogP contribution in [-0.2, 0) is 0 Å². The third kappa shape index (κ3) is 4.81. The lowest BCUT2D eigenvalue weighted by Crippen LogP contribution is -2.51. The molecule has 6 heteroatoms. The van der Waals surface area contributed by atoms with Gasteiger partial charge < -0.3 is 25.0 Å². The van der Waals surface area contributed by atoms with Crippen molar-refractivity contribution >= 4 is 11.6 Å². The quantitative estimate of drug-likeness (QED) is 0.587. The fourth-order valence-corrected chi connectivity index (χ4v) is 4.37. The summed E-state index contributed by atoms with van der Waals surface area (Å²) in [5, 5.41) is 7.18. The first-order chi connectivity index (χ1) is 14.8. The van der Waals surface area contributed by atoms with Crippen LogP contribution < -0.4 is 25.0 Å². The van der Waals surface area contributed by atoms with Crippen LogP contribution >= 0.6 is 0 Å². The summed E-state index contributed by atoms with van der Waals surface area (Å²) in [6, 6.07) is 17.0. The number of guanidine groups is 1. The Morgan fingerprint density at radius 3 is 2.97 bits per heavy atom. The van der Waals surface area contributed by atoms with Gasteiger partial charge in [0.25, 0.3) is 0 Å². The van der Waals surface area contributed by atoms with Crippen LogP contribution in [0.3, 0.4) is 0 Å². The molecule has 2 heterocycles. The summed E-state index contributed by atoms with van der Waals surface area (Å²) in [6.07, 6.45) is 3.31. The number of nitrogens with zero attached hydrogens (tertiary/aromatic N) is 2. The van der Waals surface area contributed by atoms with Gasteiger partial charge in [-0.2, -0.15) is 0 Å². The van der Waals surface area contributed by atoms with Crippen molar-refractivity contribution in [3.63, 3.8) is 0 Å². The molecule has 2 N–H and O–H groups in total. The van der Waals surface area contributed by atoms with Crippen molar-refractivity contribution in [3.05, 3.63) is 54.1 Å². The lowest BCUT2D eigenvalue weighted by Gasteiger charge is -2.35. The standard InChI is InChI=1S/C24H32N4O2/c1-25-24(26-16-18-12-14-30-23-11-4-3-10-22(18)23)27-19-7-6-13-28(17-19)20-8-5-9-21(15-20)29-2/h3-5,8-11,15,18-19H,6-7,12-14,16-17H2,1-2H3,(H2,25,26,27). The van der Waals surface area contributed by atoms with Crippen LogP contribution in [0.2, 0.25) is 0 Å². The molecule has 2 aliphatic heterocycles. The monoisotopic (exact) mass is 408 g/mol. The Bertz CT molecular complexity index is 870. The minimum absolute atomic E-state index is 0.359. The van der Waals surface area contributed by atoms with E-state index >= 15 is 0 Å². The number of rotatable bonds is 5. The SMILES string of the molecule is CN=C(NCC1CCOc2ccccc21)NC1CCCN(c2cccc(OC)c2)C1. The summed E-state index contributed by atoms with van der Waals surface area (Å²) in [4.78, 5) is 6.89. The largest absolute Gasteiger partial charge is 0.497 e. The number of methoxy groups -OCH3 is 1. The Kier molecular flexibility index (Phi) is 6.62. The molecule has 2 aliphatic rings. The van der Waals surface area contributed by atoms with E-state index in [9.17, 15) is 0 Å². The Morgan fingerprint density at radius 2 is 2.10 bits per heavy atom. The fraction of sp³-hybridized carbons (Fsp3) is 0.458. The molecule has 2 unspecified atom stereocenters. The summed E-state index contributed by atoms with van der Waals surface area (Å²) >= 11 is 0. The first-order valence-corrected chi connectivity index (χ1v) is 10.8. The molecule has 0 bridgehead atoms. The van der Waals surface area contributed by atoms with Crippen LogP contribution in [0, 0.1) is 0 Å². The molecule has 0 saturated carbocycles. The van der Waals surface area contributed by atoms with Gasteiger partial charge in [-0.15, -0.1) is 0 Å². The normalized spacial score (nSPS) is 21.4. The van der Waals surface area contributed by atoms with Crippen LogP contribution in [0.1, 0.15) is 30.7 Å². The van der Waals surface area contributed by atoms with Crippen molar-refractivity contribution < 1.29 is 9.47 Å². The van der Waals surface area contributed by atoms with E-state index in [4.69, 9.17) is 9.47 Å². The van der Waals surface area contributed by atoms with E-state index in [0.717, 1.165) is 63.0 Å². The maximum absolute atomic E-state index is 5.79. The molecule has 160 valence electrons. The maximum atomic E-state index is 5.79. The molecule has 6 nitrogen and oxygen atoms in total. The van der Waals surface area contributed by atoms with Crippen molar-refractivity contribution in [1.82, 2.24) is 10.6 Å². The molecule has 4 rings (SSSR count). The van der Waals surface area contributed by atoms with E-state index in [0.29, 0.717) is 12.0 Å². The Balaban J connectivity index is 1.34. The maximum Gasteiger partial charge on any atom is 0.191 e. The summed E-state index contributed by atoms with van der Waals surface area (Å²) in [7, 11) is 3.56. The van der Waals surface area contributed by atoms with Gasteiger partial charge in [-0.1, -0.05) is 24.3 Å². The molecule has 2 atom stereocenters. The van der Waals surface area contributed by atoms with Gasteiger partial charge in [0.1, 0.15) is 11.5 Å². The molecule has 0 amide bonds. The van der Waals surface area contributed by atoms with E-state index in [1.807, 2.05) is 19.2 Å². The highest BCUT2D eigenvalue weighted by Crippen LogP contribution is 2.32. The molecule has 30 heavy (non-hydrogen) atoms. The van der Waals surface area contributed by atoms with Crippen molar-refractivity contribution in [2.45, 2.75) is 31.2 Å². The minimum atomic E-state index is 0.359. The number of benzene rings is 2. The summed E-state index contributed by atoms with van der Waals surface area (Å²) < 4.78 is 11.2. The van der Waals surface area contributed by atoms with Gasteiger partial charge in [0.05, 0.1) is 13.7 Å². The van der Waals surface area contributed by atoms with Gasteiger partial charge in [-0.3, -0.25) is 4.99 Å². The summed E-state index contributed by atoms with van der Waals surface area (Å²) in [6.45, 7) is 3.64. The molecule has 2 aromatic carbocycles. The predicted molar refractivity (Wildman–Crippen MR) is 122 cm³/mol. The molecule has 0 radical (unpaired) electrons. The van der Waals surface area contributed by atoms with E-state index in [2.05, 4.69) is 56.9 Å². The zero-order chi connectivity index (χ0) is 20.8. The van der Waals surface area contributed by atoms with Gasteiger partial charge in [-0.25, -0.2) is 0 Å². The van der Waals surface area contributed by atoms with Crippen LogP contribution in [0.4, 0.5) is 5.69 Å². The summed E-state index contributed by atoms with van der Waals surface area (Å²) in [5.41, 5.74) is 2.50. The zero-order valence-electron chi connectivity index (χ0n) is 17.9. The number of anilines is 1. The highest BCUT2D eigenvalue weighted by Gasteiger charge is 2.23. The molecule has 1 fully saturated rings. The van der Waals surface area contributed by atoms with Crippen LogP contribution in [0.25, 0.3) is 0 Å². The van der Waals surface area contributed by atoms with E-state index in [1.54, 1.807) is 7.11 Å². The average molecular weight is 409 g/mol. The Hall–Kier alpha value is -2.89. The molecule has 1 saturated heterocycles. The number of hydrogen-bond acceptors (Lipinski definition) is 4. The average Bonchev–Trinajstić information content (AvgIpc) is 2.82. The number of fused-ring (bicyclic) bond motifs is 1. The molecule has 0 aromatic heterocycles. The smallest absolute Gasteiger partial charge is 0.191 e. The fourth-order valence-electron chi connectivity index (χ4n) is 4.37. The van der Waals surface area contributed by atoms with E-state index in [1.165, 1.54) is 11.3 Å². The Labute approximate surface area is 179 Å². The van der Waals surface area contributed by atoms with E-state index < -0.39 is 0 Å². The molecule has 0 spiro atoms. The second-order valence-corrected chi connectivity index (χ2v) is 7.96. The highest BCUT2D eigenvalue weighted by atomic mass is 16.5. The summed E-state index contributed by atoms with van der Waals surface area (Å²) in [5.74, 6) is 3.22. The van der Waals surface area contributed by atoms with Gasteiger partial charge in [0.15, 0.2) is 5.96 Å². The highest BCUT2D eigenvalue weighted by molar-refractivity contribution is 5.80. The van der Waals surface area contributed by atoms with Crippen LogP contribution in [-0.4, -0.2) is 52.4 Å².